The van der Waals surface area contributed by atoms with Crippen molar-refractivity contribution in [3.05, 3.63) is 89.5 Å². The highest BCUT2D eigenvalue weighted by Crippen LogP contribution is 2.31. The quantitative estimate of drug-likeness (QED) is 0.324. The molecule has 38 heavy (non-hydrogen) atoms. The zero-order valence-electron chi connectivity index (χ0n) is 21.6. The highest BCUT2D eigenvalue weighted by molar-refractivity contribution is 7.90. The Morgan fingerprint density at radius 2 is 1.82 bits per heavy atom. The minimum atomic E-state index is -3.57. The van der Waals surface area contributed by atoms with Crippen LogP contribution in [0.25, 0.3) is 16.8 Å². The fourth-order valence-corrected chi connectivity index (χ4v) is 5.10. The number of sulfone groups is 1. The van der Waals surface area contributed by atoms with Gasteiger partial charge in [-0.2, -0.15) is 5.10 Å². The molecule has 0 bridgehead atoms. The van der Waals surface area contributed by atoms with E-state index in [1.807, 2.05) is 26.1 Å². The Balaban J connectivity index is 1.69. The maximum Gasteiger partial charge on any atom is 0.274 e. The first-order chi connectivity index (χ1) is 18.2. The topological polar surface area (TPSA) is 102 Å². The molecule has 4 aromatic rings. The second-order valence-corrected chi connectivity index (χ2v) is 10.7. The predicted molar refractivity (Wildman–Crippen MR) is 145 cm³/mol. The Morgan fingerprint density at radius 3 is 2.47 bits per heavy atom. The lowest BCUT2D eigenvalue weighted by molar-refractivity contribution is 0.101. The molecule has 0 saturated carbocycles. The molecule has 3 aromatic carbocycles. The summed E-state index contributed by atoms with van der Waals surface area (Å²) >= 11 is 0. The van der Waals surface area contributed by atoms with Crippen LogP contribution in [0.3, 0.4) is 0 Å². The average molecular weight is 537 g/mol. The summed E-state index contributed by atoms with van der Waals surface area (Å²) in [6, 6.07) is 17.6. The molecule has 0 aliphatic carbocycles. The number of halogens is 1. The molecular formula is C28H29FN4O4S. The number of nitrogens with one attached hydrogen (secondary N) is 2. The van der Waals surface area contributed by atoms with Gasteiger partial charge in [0.25, 0.3) is 5.91 Å². The van der Waals surface area contributed by atoms with E-state index in [1.165, 1.54) is 24.3 Å². The Kier molecular flexibility index (Phi) is 7.94. The Morgan fingerprint density at radius 1 is 1.05 bits per heavy atom. The van der Waals surface area contributed by atoms with Crippen molar-refractivity contribution in [3.63, 3.8) is 0 Å². The van der Waals surface area contributed by atoms with E-state index in [-0.39, 0.29) is 27.4 Å². The minimum absolute atomic E-state index is 0.0311. The second kappa shape index (κ2) is 11.2. The van der Waals surface area contributed by atoms with Crippen LogP contribution in [-0.4, -0.2) is 44.5 Å². The molecule has 0 spiro atoms. The molecule has 2 N–H and O–H groups in total. The largest absolute Gasteiger partial charge is 0.497 e. The Labute approximate surface area is 221 Å². The molecule has 8 nitrogen and oxygen atoms in total. The smallest absolute Gasteiger partial charge is 0.274 e. The molecule has 198 valence electrons. The minimum Gasteiger partial charge on any atom is -0.497 e. The summed E-state index contributed by atoms with van der Waals surface area (Å²) in [5.41, 5.74) is 3.21. The van der Waals surface area contributed by atoms with Gasteiger partial charge in [-0.05, 0) is 67.6 Å². The Hall–Kier alpha value is -4.02. The maximum atomic E-state index is 15.2. The number of benzene rings is 3. The number of anilines is 1. The highest BCUT2D eigenvalue weighted by atomic mass is 32.2. The van der Waals surface area contributed by atoms with Gasteiger partial charge in [0.2, 0.25) is 0 Å². The summed E-state index contributed by atoms with van der Waals surface area (Å²) in [4.78, 5) is 13.4. The zero-order valence-corrected chi connectivity index (χ0v) is 22.4. The van der Waals surface area contributed by atoms with Crippen molar-refractivity contribution < 1.29 is 22.3 Å². The molecule has 0 unspecified atom stereocenters. The van der Waals surface area contributed by atoms with Gasteiger partial charge in [-0.3, -0.25) is 4.79 Å². The SMILES string of the molecule is CCc1cc(C(=O)Nc2ccc(-c3ccccc3S(C)(=O)=O)c(F)c2)n(-c2ccc(OC)cc2CNC)n1. The zero-order chi connectivity index (χ0) is 27.4. The molecule has 0 aliphatic rings. The van der Waals surface area contributed by atoms with Gasteiger partial charge in [-0.15, -0.1) is 0 Å². The first kappa shape index (κ1) is 27.0. The molecule has 0 saturated heterocycles. The lowest BCUT2D eigenvalue weighted by Crippen LogP contribution is -2.19. The van der Waals surface area contributed by atoms with Gasteiger partial charge in [0, 0.05) is 29.6 Å². The number of carbonyl (C=O) groups is 1. The van der Waals surface area contributed by atoms with Crippen LogP contribution in [-0.2, 0) is 22.8 Å². The number of methoxy groups -OCH3 is 1. The van der Waals surface area contributed by atoms with Crippen molar-refractivity contribution in [2.24, 2.45) is 0 Å². The van der Waals surface area contributed by atoms with Crippen molar-refractivity contribution in [1.29, 1.82) is 0 Å². The molecule has 0 fully saturated rings. The second-order valence-electron chi connectivity index (χ2n) is 8.73. The number of carbonyl (C=O) groups excluding carboxylic acids is 1. The normalized spacial score (nSPS) is 11.4. The van der Waals surface area contributed by atoms with E-state index in [0.717, 1.165) is 17.5 Å². The lowest BCUT2D eigenvalue weighted by atomic mass is 10.0. The van der Waals surface area contributed by atoms with E-state index in [0.29, 0.717) is 24.4 Å². The summed E-state index contributed by atoms with van der Waals surface area (Å²) in [5, 5.41) is 10.5. The van der Waals surface area contributed by atoms with Gasteiger partial charge in [-0.1, -0.05) is 25.1 Å². The fourth-order valence-electron chi connectivity index (χ4n) is 4.19. The molecule has 1 heterocycles. The summed E-state index contributed by atoms with van der Waals surface area (Å²) in [6.07, 6.45) is 1.70. The van der Waals surface area contributed by atoms with Crippen molar-refractivity contribution in [1.82, 2.24) is 15.1 Å². The van der Waals surface area contributed by atoms with Crippen LogP contribution in [0.1, 0.15) is 28.7 Å². The number of hydrogen-bond acceptors (Lipinski definition) is 6. The molecule has 10 heteroatoms. The summed E-state index contributed by atoms with van der Waals surface area (Å²) in [5.74, 6) is -0.443. The number of aromatic nitrogens is 2. The number of nitrogens with zero attached hydrogens (tertiary/aromatic N) is 2. The first-order valence-corrected chi connectivity index (χ1v) is 13.9. The third kappa shape index (κ3) is 5.61. The van der Waals surface area contributed by atoms with E-state index >= 15 is 4.39 Å². The fraction of sp³-hybridized carbons (Fsp3) is 0.214. The first-order valence-electron chi connectivity index (χ1n) is 12.0. The monoisotopic (exact) mass is 536 g/mol. The number of hydrogen-bond donors (Lipinski definition) is 2. The van der Waals surface area contributed by atoms with E-state index in [9.17, 15) is 13.2 Å². The van der Waals surface area contributed by atoms with Crippen LogP contribution in [0, 0.1) is 5.82 Å². The van der Waals surface area contributed by atoms with Crippen LogP contribution >= 0.6 is 0 Å². The summed E-state index contributed by atoms with van der Waals surface area (Å²) < 4.78 is 46.5. The average Bonchev–Trinajstić information content (AvgIpc) is 3.33. The Bertz CT molecular complexity index is 1600. The maximum absolute atomic E-state index is 15.2. The number of aryl methyl sites for hydroxylation is 1. The van der Waals surface area contributed by atoms with E-state index in [2.05, 4.69) is 15.7 Å². The van der Waals surface area contributed by atoms with Crippen molar-refractivity contribution >= 4 is 21.4 Å². The molecule has 4 rings (SSSR count). The van der Waals surface area contributed by atoms with Crippen molar-refractivity contribution in [3.8, 4) is 22.6 Å². The van der Waals surface area contributed by atoms with Crippen LogP contribution in [0.5, 0.6) is 5.75 Å². The molecule has 0 aliphatic heterocycles. The molecule has 1 amide bonds. The van der Waals surface area contributed by atoms with Crippen LogP contribution in [0.2, 0.25) is 0 Å². The van der Waals surface area contributed by atoms with E-state index < -0.39 is 21.6 Å². The van der Waals surface area contributed by atoms with Gasteiger partial charge in [0.1, 0.15) is 17.3 Å². The third-order valence-corrected chi connectivity index (χ3v) is 7.20. The van der Waals surface area contributed by atoms with Gasteiger partial charge in [-0.25, -0.2) is 17.5 Å². The third-order valence-electron chi connectivity index (χ3n) is 6.04. The van der Waals surface area contributed by atoms with Gasteiger partial charge in [0.05, 0.1) is 23.4 Å². The summed E-state index contributed by atoms with van der Waals surface area (Å²) in [7, 11) is -0.155. The molecule has 0 radical (unpaired) electrons. The number of rotatable bonds is 9. The van der Waals surface area contributed by atoms with Gasteiger partial charge < -0.3 is 15.4 Å². The predicted octanol–water partition coefficient (Wildman–Crippen LogP) is 4.62. The van der Waals surface area contributed by atoms with Crippen molar-refractivity contribution in [2.45, 2.75) is 24.8 Å². The standard InChI is InChI=1S/C28H29FN4O4S/c1-5-19-16-26(33(32-19)25-13-11-21(37-3)14-18(25)17-30-2)28(34)31-20-10-12-22(24(29)15-20)23-8-6-7-9-27(23)38(4,35)36/h6-16,30H,5,17H2,1-4H3,(H,31,34). The molecule has 0 atom stereocenters. The molecular weight excluding hydrogens is 507 g/mol. The van der Waals surface area contributed by atoms with Gasteiger partial charge in [0.15, 0.2) is 9.84 Å². The molecule has 1 aromatic heterocycles. The van der Waals surface area contributed by atoms with E-state index in [4.69, 9.17) is 4.74 Å². The number of ether oxygens (including phenoxy) is 1. The van der Waals surface area contributed by atoms with Crippen LogP contribution in [0.15, 0.2) is 71.6 Å². The van der Waals surface area contributed by atoms with E-state index in [1.54, 1.807) is 42.1 Å². The highest BCUT2D eigenvalue weighted by Gasteiger charge is 2.21. The lowest BCUT2D eigenvalue weighted by Gasteiger charge is -2.14. The van der Waals surface area contributed by atoms with Gasteiger partial charge >= 0.3 is 0 Å². The number of amides is 1. The van der Waals surface area contributed by atoms with Crippen LogP contribution in [0.4, 0.5) is 10.1 Å². The van der Waals surface area contributed by atoms with Crippen LogP contribution < -0.4 is 15.4 Å². The van der Waals surface area contributed by atoms with Crippen molar-refractivity contribution in [2.75, 3.05) is 25.7 Å². The summed E-state index contributed by atoms with van der Waals surface area (Å²) in [6.45, 7) is 2.47.